The smallest absolute Gasteiger partial charge is 0.161 e. The van der Waals surface area contributed by atoms with E-state index in [1.165, 1.54) is 0 Å². The van der Waals surface area contributed by atoms with Crippen LogP contribution in [0.2, 0.25) is 0 Å². The van der Waals surface area contributed by atoms with Crippen LogP contribution in [0.4, 0.5) is 18.9 Å². The molecule has 0 fully saturated rings. The Morgan fingerprint density at radius 1 is 0.950 bits per heavy atom. The Balaban J connectivity index is 2.27. The monoisotopic (exact) mass is 279 g/mol. The van der Waals surface area contributed by atoms with Crippen LogP contribution in [0.3, 0.4) is 0 Å². The Kier molecular flexibility index (Phi) is 4.66. The zero-order chi connectivity index (χ0) is 14.5. The third-order valence-corrected chi connectivity index (χ3v) is 3.12. The first-order chi connectivity index (χ1) is 9.61. The highest BCUT2D eigenvalue weighted by atomic mass is 19.2. The topological polar surface area (TPSA) is 12.0 Å². The van der Waals surface area contributed by atoms with Gasteiger partial charge in [-0.1, -0.05) is 43.7 Å². The van der Waals surface area contributed by atoms with Gasteiger partial charge >= 0.3 is 0 Å². The summed E-state index contributed by atoms with van der Waals surface area (Å²) in [5, 5.41) is 2.95. The molecule has 0 saturated carbocycles. The highest BCUT2D eigenvalue weighted by Crippen LogP contribution is 2.26. The molecule has 0 bridgehead atoms. The van der Waals surface area contributed by atoms with Gasteiger partial charge in [-0.2, -0.15) is 0 Å². The van der Waals surface area contributed by atoms with Gasteiger partial charge in [0.2, 0.25) is 0 Å². The summed E-state index contributed by atoms with van der Waals surface area (Å²) in [5.41, 5.74) is 0.963. The second kappa shape index (κ2) is 6.46. The van der Waals surface area contributed by atoms with E-state index < -0.39 is 17.5 Å². The fourth-order valence-corrected chi connectivity index (χ4v) is 2.12. The lowest BCUT2D eigenvalue weighted by Crippen LogP contribution is -2.12. The van der Waals surface area contributed by atoms with Gasteiger partial charge in [0, 0.05) is 12.1 Å². The maximum Gasteiger partial charge on any atom is 0.161 e. The van der Waals surface area contributed by atoms with Crippen molar-refractivity contribution in [3.05, 3.63) is 65.5 Å². The molecule has 1 atom stereocenters. The minimum Gasteiger partial charge on any atom is -0.376 e. The largest absolute Gasteiger partial charge is 0.376 e. The van der Waals surface area contributed by atoms with E-state index in [1.54, 1.807) is 0 Å². The van der Waals surface area contributed by atoms with Gasteiger partial charge in [-0.05, 0) is 12.0 Å². The first-order valence-electron chi connectivity index (χ1n) is 6.58. The van der Waals surface area contributed by atoms with Crippen LogP contribution in [0, 0.1) is 17.5 Å². The van der Waals surface area contributed by atoms with Crippen molar-refractivity contribution in [2.75, 3.05) is 5.32 Å². The van der Waals surface area contributed by atoms with Crippen LogP contribution in [0.25, 0.3) is 0 Å². The van der Waals surface area contributed by atoms with Crippen molar-refractivity contribution in [3.63, 3.8) is 0 Å². The molecular weight excluding hydrogens is 263 g/mol. The number of nitrogens with one attached hydrogen (secondary N) is 1. The van der Waals surface area contributed by atoms with Gasteiger partial charge in [0.05, 0.1) is 11.7 Å². The van der Waals surface area contributed by atoms with Gasteiger partial charge in [0.1, 0.15) is 5.82 Å². The molecule has 0 amide bonds. The molecule has 20 heavy (non-hydrogen) atoms. The molecule has 0 aliphatic heterocycles. The maximum absolute atomic E-state index is 13.7. The molecule has 2 rings (SSSR count). The molecule has 0 heterocycles. The lowest BCUT2D eigenvalue weighted by molar-refractivity contribution is 0.495. The standard InChI is InChI=1S/C16H16F3N/c1-2-6-15(11-7-4-3-5-8-11)20-16-10-13(18)12(17)9-14(16)19/h3-5,7-10,15,20H,2,6H2,1H3. The minimum absolute atomic E-state index is 0.0220. The van der Waals surface area contributed by atoms with E-state index in [1.807, 2.05) is 37.3 Å². The van der Waals surface area contributed by atoms with E-state index in [0.717, 1.165) is 24.5 Å². The summed E-state index contributed by atoms with van der Waals surface area (Å²) in [5.74, 6) is -3.03. The number of benzene rings is 2. The second-order valence-electron chi connectivity index (χ2n) is 4.64. The molecule has 0 radical (unpaired) electrons. The van der Waals surface area contributed by atoms with Crippen LogP contribution in [0.15, 0.2) is 42.5 Å². The first kappa shape index (κ1) is 14.4. The summed E-state index contributed by atoms with van der Waals surface area (Å²) in [6.07, 6.45) is 1.65. The molecule has 106 valence electrons. The SMILES string of the molecule is CCCC(Nc1cc(F)c(F)cc1F)c1ccccc1. The van der Waals surface area contributed by atoms with E-state index in [0.29, 0.717) is 6.07 Å². The van der Waals surface area contributed by atoms with Gasteiger partial charge in [-0.15, -0.1) is 0 Å². The van der Waals surface area contributed by atoms with E-state index in [4.69, 9.17) is 0 Å². The Morgan fingerprint density at radius 2 is 1.60 bits per heavy atom. The van der Waals surface area contributed by atoms with Crippen molar-refractivity contribution in [2.24, 2.45) is 0 Å². The molecule has 1 unspecified atom stereocenters. The third-order valence-electron chi connectivity index (χ3n) is 3.12. The fraction of sp³-hybridized carbons (Fsp3) is 0.250. The third kappa shape index (κ3) is 3.32. The predicted molar refractivity (Wildman–Crippen MR) is 74.0 cm³/mol. The van der Waals surface area contributed by atoms with Gasteiger partial charge in [-0.3, -0.25) is 0 Å². The molecule has 2 aromatic rings. The van der Waals surface area contributed by atoms with Crippen molar-refractivity contribution in [2.45, 2.75) is 25.8 Å². The highest BCUT2D eigenvalue weighted by molar-refractivity contribution is 5.47. The number of anilines is 1. The summed E-state index contributed by atoms with van der Waals surface area (Å²) in [4.78, 5) is 0. The van der Waals surface area contributed by atoms with Crippen LogP contribution < -0.4 is 5.32 Å². The number of hydrogen-bond donors (Lipinski definition) is 1. The Hall–Kier alpha value is -1.97. The lowest BCUT2D eigenvalue weighted by Gasteiger charge is -2.20. The van der Waals surface area contributed by atoms with Crippen molar-refractivity contribution in [3.8, 4) is 0 Å². The molecule has 4 heteroatoms. The number of hydrogen-bond acceptors (Lipinski definition) is 1. The second-order valence-corrected chi connectivity index (χ2v) is 4.64. The summed E-state index contributed by atoms with van der Waals surface area (Å²) in [6.45, 7) is 2.01. The highest BCUT2D eigenvalue weighted by Gasteiger charge is 2.15. The summed E-state index contributed by atoms with van der Waals surface area (Å²) in [7, 11) is 0. The van der Waals surface area contributed by atoms with E-state index in [9.17, 15) is 13.2 Å². The average Bonchev–Trinajstić information content (AvgIpc) is 2.45. The molecule has 0 aromatic heterocycles. The van der Waals surface area contributed by atoms with E-state index >= 15 is 0 Å². The Labute approximate surface area is 116 Å². The molecule has 0 aliphatic carbocycles. The molecule has 1 N–H and O–H groups in total. The van der Waals surface area contributed by atoms with E-state index in [2.05, 4.69) is 5.32 Å². The van der Waals surface area contributed by atoms with Crippen molar-refractivity contribution < 1.29 is 13.2 Å². The van der Waals surface area contributed by atoms with E-state index in [-0.39, 0.29) is 11.7 Å². The first-order valence-corrected chi connectivity index (χ1v) is 6.58. The van der Waals surface area contributed by atoms with Gasteiger partial charge in [0.25, 0.3) is 0 Å². The Bertz CT molecular complexity index is 569. The molecule has 1 nitrogen and oxygen atoms in total. The normalized spacial score (nSPS) is 12.2. The Morgan fingerprint density at radius 3 is 2.25 bits per heavy atom. The van der Waals surface area contributed by atoms with Crippen molar-refractivity contribution >= 4 is 5.69 Å². The quantitative estimate of drug-likeness (QED) is 0.754. The molecule has 0 saturated heterocycles. The van der Waals surface area contributed by atoms with Crippen LogP contribution in [0.1, 0.15) is 31.4 Å². The maximum atomic E-state index is 13.7. The van der Waals surface area contributed by atoms with Gasteiger partial charge in [-0.25, -0.2) is 13.2 Å². The van der Waals surface area contributed by atoms with Crippen LogP contribution in [-0.4, -0.2) is 0 Å². The molecular formula is C16H16F3N. The zero-order valence-corrected chi connectivity index (χ0v) is 11.2. The summed E-state index contributed by atoms with van der Waals surface area (Å²) >= 11 is 0. The molecule has 2 aromatic carbocycles. The van der Waals surface area contributed by atoms with Gasteiger partial charge < -0.3 is 5.32 Å². The molecule has 0 aliphatic rings. The van der Waals surface area contributed by atoms with Crippen molar-refractivity contribution in [1.29, 1.82) is 0 Å². The predicted octanol–water partition coefficient (Wildman–Crippen LogP) is 5.06. The van der Waals surface area contributed by atoms with Crippen LogP contribution in [0.5, 0.6) is 0 Å². The summed E-state index contributed by atoms with van der Waals surface area (Å²) < 4.78 is 39.8. The van der Waals surface area contributed by atoms with Crippen molar-refractivity contribution in [1.82, 2.24) is 0 Å². The molecule has 0 spiro atoms. The lowest BCUT2D eigenvalue weighted by atomic mass is 10.0. The minimum atomic E-state index is -1.18. The number of halogens is 3. The van der Waals surface area contributed by atoms with Crippen LogP contribution >= 0.6 is 0 Å². The average molecular weight is 279 g/mol. The van der Waals surface area contributed by atoms with Crippen LogP contribution in [-0.2, 0) is 0 Å². The summed E-state index contributed by atoms with van der Waals surface area (Å²) in [6, 6.07) is 10.8. The zero-order valence-electron chi connectivity index (χ0n) is 11.2. The number of rotatable bonds is 5. The van der Waals surface area contributed by atoms with Gasteiger partial charge in [0.15, 0.2) is 11.6 Å². The fourth-order valence-electron chi connectivity index (χ4n) is 2.12.